The molecule has 0 N–H and O–H groups in total. The van der Waals surface area contributed by atoms with E-state index in [2.05, 4.69) is 0 Å². The van der Waals surface area contributed by atoms with E-state index in [1.807, 2.05) is 6.92 Å². The molecule has 0 radical (unpaired) electrons. The molecule has 6 nitrogen and oxygen atoms in total. The van der Waals surface area contributed by atoms with Crippen LogP contribution in [-0.2, 0) is 19.6 Å². The molecule has 2 atom stereocenters. The lowest BCUT2D eigenvalue weighted by Gasteiger charge is -2.35. The summed E-state index contributed by atoms with van der Waals surface area (Å²) in [6, 6.07) is 4.65. The van der Waals surface area contributed by atoms with Gasteiger partial charge in [-0.05, 0) is 75.9 Å². The monoisotopic (exact) mass is 511 g/mol. The van der Waals surface area contributed by atoms with Crippen LogP contribution in [0.25, 0.3) is 0 Å². The average Bonchev–Trinajstić information content (AvgIpc) is 2.80. The van der Waals surface area contributed by atoms with Gasteiger partial charge in [-0.1, -0.05) is 24.6 Å². The number of benzene rings is 2. The number of ether oxygens (including phenoxy) is 2. The summed E-state index contributed by atoms with van der Waals surface area (Å²) in [5.41, 5.74) is 1.30. The standard InChI is InChI=1S/C25H31ClFNO5S/c1-14-8-9-19(27)21(16(14)3)17(4)22(24(29)33-25(5,6)7)28-10-11-32-20-13-18(26)12-15(2)23(20)34(28,30)31/h8-9,12-13,17,22H,10-11H2,1-7H3/t17?,22-/m0/s1. The molecule has 1 aliphatic rings. The van der Waals surface area contributed by atoms with E-state index >= 15 is 4.39 Å². The molecule has 1 heterocycles. The van der Waals surface area contributed by atoms with E-state index in [0.717, 1.165) is 9.87 Å². The lowest BCUT2D eigenvalue weighted by Crippen LogP contribution is -2.51. The molecule has 186 valence electrons. The Bertz CT molecular complexity index is 1220. The normalized spacial score (nSPS) is 17.8. The smallest absolute Gasteiger partial charge is 0.325 e. The highest BCUT2D eigenvalue weighted by molar-refractivity contribution is 7.89. The Morgan fingerprint density at radius 1 is 1.18 bits per heavy atom. The van der Waals surface area contributed by atoms with E-state index in [1.54, 1.807) is 47.6 Å². The molecule has 3 rings (SSSR count). The molecule has 1 aliphatic heterocycles. The van der Waals surface area contributed by atoms with Gasteiger partial charge in [0.15, 0.2) is 0 Å². The minimum atomic E-state index is -4.23. The van der Waals surface area contributed by atoms with Crippen LogP contribution in [0.15, 0.2) is 29.2 Å². The van der Waals surface area contributed by atoms with Gasteiger partial charge in [0.1, 0.15) is 34.7 Å². The minimum Gasteiger partial charge on any atom is -0.491 e. The van der Waals surface area contributed by atoms with Crippen LogP contribution in [0.4, 0.5) is 4.39 Å². The van der Waals surface area contributed by atoms with E-state index in [9.17, 15) is 13.2 Å². The number of rotatable bonds is 4. The van der Waals surface area contributed by atoms with Crippen LogP contribution in [0.3, 0.4) is 0 Å². The zero-order chi connectivity index (χ0) is 25.6. The van der Waals surface area contributed by atoms with Gasteiger partial charge in [-0.2, -0.15) is 4.31 Å². The summed E-state index contributed by atoms with van der Waals surface area (Å²) in [7, 11) is -4.23. The Labute approximate surface area is 206 Å². The van der Waals surface area contributed by atoms with Gasteiger partial charge in [0.05, 0.1) is 0 Å². The van der Waals surface area contributed by atoms with Crippen molar-refractivity contribution in [3.8, 4) is 5.75 Å². The maximum Gasteiger partial charge on any atom is 0.325 e. The number of hydrogen-bond acceptors (Lipinski definition) is 5. The third kappa shape index (κ3) is 5.09. The number of fused-ring (bicyclic) bond motifs is 1. The Balaban J connectivity index is 2.23. The maximum absolute atomic E-state index is 15.1. The molecule has 0 aliphatic carbocycles. The van der Waals surface area contributed by atoms with E-state index < -0.39 is 39.4 Å². The van der Waals surface area contributed by atoms with Gasteiger partial charge in [-0.25, -0.2) is 12.8 Å². The predicted molar refractivity (Wildman–Crippen MR) is 129 cm³/mol. The second kappa shape index (κ2) is 9.47. The number of carbonyl (C=O) groups is 1. The number of nitrogens with zero attached hydrogens (tertiary/aromatic N) is 1. The van der Waals surface area contributed by atoms with Gasteiger partial charge < -0.3 is 9.47 Å². The minimum absolute atomic E-state index is 0.00664. The van der Waals surface area contributed by atoms with Crippen molar-refractivity contribution in [1.29, 1.82) is 0 Å². The van der Waals surface area contributed by atoms with Crippen molar-refractivity contribution in [3.63, 3.8) is 0 Å². The van der Waals surface area contributed by atoms with Crippen molar-refractivity contribution in [2.75, 3.05) is 13.2 Å². The second-order valence-electron chi connectivity index (χ2n) is 9.68. The first-order chi connectivity index (χ1) is 15.6. The molecule has 0 saturated carbocycles. The molecule has 2 aromatic rings. The van der Waals surface area contributed by atoms with Gasteiger partial charge in [0, 0.05) is 23.6 Å². The van der Waals surface area contributed by atoms with Gasteiger partial charge in [-0.15, -0.1) is 0 Å². The molecule has 0 spiro atoms. The van der Waals surface area contributed by atoms with Crippen molar-refractivity contribution >= 4 is 27.6 Å². The van der Waals surface area contributed by atoms with Crippen LogP contribution in [0.1, 0.15) is 55.9 Å². The SMILES string of the molecule is Cc1ccc(F)c(C(C)[C@@H](C(=O)OC(C)(C)C)N2CCOc3cc(Cl)cc(C)c3S2(=O)=O)c1C. The largest absolute Gasteiger partial charge is 0.491 e. The molecular weight excluding hydrogens is 481 g/mol. The topological polar surface area (TPSA) is 72.9 Å². The van der Waals surface area contributed by atoms with Crippen molar-refractivity contribution in [3.05, 3.63) is 57.4 Å². The molecule has 9 heteroatoms. The fourth-order valence-electron chi connectivity index (χ4n) is 4.36. The van der Waals surface area contributed by atoms with E-state index in [-0.39, 0.29) is 29.4 Å². The van der Waals surface area contributed by atoms with Crippen LogP contribution in [0.2, 0.25) is 5.02 Å². The number of halogens is 2. The molecule has 2 aromatic carbocycles. The summed E-state index contributed by atoms with van der Waals surface area (Å²) < 4.78 is 55.4. The fraction of sp³-hybridized carbons (Fsp3) is 0.480. The van der Waals surface area contributed by atoms with E-state index in [0.29, 0.717) is 16.1 Å². The summed E-state index contributed by atoms with van der Waals surface area (Å²) in [5, 5.41) is 0.342. The Hall–Kier alpha value is -2.16. The van der Waals surface area contributed by atoms with Crippen LogP contribution in [0, 0.1) is 26.6 Å². The second-order valence-corrected chi connectivity index (χ2v) is 11.9. The number of carbonyl (C=O) groups excluding carboxylic acids is 1. The molecule has 0 fully saturated rings. The molecule has 1 unspecified atom stereocenters. The van der Waals surface area contributed by atoms with Gasteiger partial charge in [0.25, 0.3) is 0 Å². The highest BCUT2D eigenvalue weighted by atomic mass is 35.5. The van der Waals surface area contributed by atoms with Crippen molar-refractivity contribution < 1.29 is 27.1 Å². The Morgan fingerprint density at radius 3 is 2.44 bits per heavy atom. The molecule has 0 bridgehead atoms. The summed E-state index contributed by atoms with van der Waals surface area (Å²) >= 11 is 6.13. The summed E-state index contributed by atoms with van der Waals surface area (Å²) in [5.74, 6) is -1.96. The van der Waals surface area contributed by atoms with Gasteiger partial charge in [-0.3, -0.25) is 4.79 Å². The van der Waals surface area contributed by atoms with Crippen molar-refractivity contribution in [1.82, 2.24) is 4.31 Å². The summed E-state index contributed by atoms with van der Waals surface area (Å²) in [4.78, 5) is 13.5. The quantitative estimate of drug-likeness (QED) is 0.521. The first-order valence-corrected chi connectivity index (χ1v) is 12.9. The molecular formula is C25H31ClFNO5S. The average molecular weight is 512 g/mol. The third-order valence-corrected chi connectivity index (χ3v) is 8.25. The summed E-state index contributed by atoms with van der Waals surface area (Å²) in [6.45, 7) is 11.8. The van der Waals surface area contributed by atoms with E-state index in [1.165, 1.54) is 18.2 Å². The molecule has 0 amide bonds. The lowest BCUT2D eigenvalue weighted by molar-refractivity contribution is -0.160. The van der Waals surface area contributed by atoms with Crippen LogP contribution in [-0.4, -0.2) is 43.5 Å². The Kier molecular flexibility index (Phi) is 7.37. The highest BCUT2D eigenvalue weighted by Gasteiger charge is 2.45. The third-order valence-electron chi connectivity index (χ3n) is 5.96. The molecule has 34 heavy (non-hydrogen) atoms. The highest BCUT2D eigenvalue weighted by Crippen LogP contribution is 2.39. The van der Waals surface area contributed by atoms with E-state index in [4.69, 9.17) is 21.1 Å². The van der Waals surface area contributed by atoms with Crippen molar-refractivity contribution in [2.24, 2.45) is 0 Å². The van der Waals surface area contributed by atoms with Gasteiger partial charge >= 0.3 is 5.97 Å². The first-order valence-electron chi connectivity index (χ1n) is 11.1. The van der Waals surface area contributed by atoms with Crippen molar-refractivity contribution in [2.45, 2.75) is 70.9 Å². The van der Waals surface area contributed by atoms with Gasteiger partial charge in [0.2, 0.25) is 10.0 Å². The maximum atomic E-state index is 15.1. The lowest BCUT2D eigenvalue weighted by atomic mass is 9.87. The molecule has 0 saturated heterocycles. The number of hydrogen-bond donors (Lipinski definition) is 0. The zero-order valence-electron chi connectivity index (χ0n) is 20.5. The number of esters is 1. The number of sulfonamides is 1. The first kappa shape index (κ1) is 26.4. The fourth-order valence-corrected chi connectivity index (χ4v) is 6.58. The zero-order valence-corrected chi connectivity index (χ0v) is 22.1. The number of aryl methyl sites for hydroxylation is 2. The van der Waals surface area contributed by atoms with Crippen LogP contribution in [0.5, 0.6) is 5.75 Å². The van der Waals surface area contributed by atoms with Crippen LogP contribution >= 0.6 is 11.6 Å². The summed E-state index contributed by atoms with van der Waals surface area (Å²) in [6.07, 6.45) is 0. The van der Waals surface area contributed by atoms with Crippen LogP contribution < -0.4 is 4.74 Å². The Morgan fingerprint density at radius 2 is 1.82 bits per heavy atom. The molecule has 0 aromatic heterocycles. The predicted octanol–water partition coefficient (Wildman–Crippen LogP) is 5.30.